The first-order chi connectivity index (χ1) is 16.4. The number of hydrogen-bond acceptors (Lipinski definition) is 5. The van der Waals surface area contributed by atoms with Crippen LogP contribution >= 0.6 is 15.9 Å². The fourth-order valence-electron chi connectivity index (χ4n) is 4.03. The molecule has 0 spiro atoms. The van der Waals surface area contributed by atoms with E-state index < -0.39 is 6.04 Å². The van der Waals surface area contributed by atoms with E-state index in [2.05, 4.69) is 21.2 Å². The molecule has 2 aromatic carbocycles. The van der Waals surface area contributed by atoms with Crippen LogP contribution in [0.3, 0.4) is 0 Å². The highest BCUT2D eigenvalue weighted by atomic mass is 79.9. The summed E-state index contributed by atoms with van der Waals surface area (Å²) in [6, 6.07) is 12.4. The summed E-state index contributed by atoms with van der Waals surface area (Å²) in [6.45, 7) is 1.85. The van der Waals surface area contributed by atoms with Crippen LogP contribution in [0.4, 0.5) is 0 Å². The first kappa shape index (κ1) is 25.9. The van der Waals surface area contributed by atoms with Gasteiger partial charge in [0.1, 0.15) is 23.3 Å². The lowest BCUT2D eigenvalue weighted by atomic mass is 9.95. The van der Waals surface area contributed by atoms with Gasteiger partial charge in [-0.1, -0.05) is 47.3 Å². The molecule has 8 heteroatoms. The topological polar surface area (TPSA) is 77.1 Å². The third kappa shape index (κ3) is 7.38. The second-order valence-corrected chi connectivity index (χ2v) is 9.42. The molecule has 1 N–H and O–H groups in total. The van der Waals surface area contributed by atoms with E-state index in [0.29, 0.717) is 23.8 Å². The Labute approximate surface area is 209 Å². The third-order valence-corrected chi connectivity index (χ3v) is 6.60. The lowest BCUT2D eigenvalue weighted by Crippen LogP contribution is -2.51. The Hall–Kier alpha value is -2.74. The average Bonchev–Trinajstić information content (AvgIpc) is 2.86. The number of ether oxygens (including phenoxy) is 3. The quantitative estimate of drug-likeness (QED) is 0.479. The summed E-state index contributed by atoms with van der Waals surface area (Å²) in [7, 11) is 3.10. The summed E-state index contributed by atoms with van der Waals surface area (Å²) in [5.74, 6) is 1.16. The van der Waals surface area contributed by atoms with Crippen LogP contribution in [0.25, 0.3) is 0 Å². The van der Waals surface area contributed by atoms with Gasteiger partial charge in [0, 0.05) is 35.3 Å². The maximum atomic E-state index is 13.3. The molecule has 0 aromatic heterocycles. The van der Waals surface area contributed by atoms with Crippen LogP contribution in [0.15, 0.2) is 46.9 Å². The normalized spacial score (nSPS) is 14.7. The molecule has 184 valence electrons. The van der Waals surface area contributed by atoms with E-state index in [1.807, 2.05) is 24.3 Å². The highest BCUT2D eigenvalue weighted by molar-refractivity contribution is 9.10. The molecule has 0 radical (unpaired) electrons. The predicted octanol–water partition coefficient (Wildman–Crippen LogP) is 4.71. The summed E-state index contributed by atoms with van der Waals surface area (Å²) in [5.41, 5.74) is 0.928. The molecule has 1 unspecified atom stereocenters. The summed E-state index contributed by atoms with van der Waals surface area (Å²) >= 11 is 3.44. The Bertz CT molecular complexity index is 938. The van der Waals surface area contributed by atoms with E-state index in [-0.39, 0.29) is 24.5 Å². The molecular formula is C26H33BrN2O5. The number of amides is 2. The minimum atomic E-state index is -0.637. The van der Waals surface area contributed by atoms with Crippen LogP contribution in [0.5, 0.6) is 17.2 Å². The van der Waals surface area contributed by atoms with Crippen LogP contribution in [0.2, 0.25) is 0 Å². The minimum Gasteiger partial charge on any atom is -0.496 e. The van der Waals surface area contributed by atoms with E-state index in [1.165, 1.54) is 6.42 Å². The molecule has 3 rings (SSSR count). The number of benzene rings is 2. The summed E-state index contributed by atoms with van der Waals surface area (Å²) < 4.78 is 17.3. The van der Waals surface area contributed by atoms with Crippen molar-refractivity contribution in [2.75, 3.05) is 20.8 Å². The van der Waals surface area contributed by atoms with Crippen molar-refractivity contribution in [1.29, 1.82) is 0 Å². The highest BCUT2D eigenvalue weighted by Gasteiger charge is 2.28. The lowest BCUT2D eigenvalue weighted by Gasteiger charge is -2.31. The van der Waals surface area contributed by atoms with Crippen LogP contribution in [0, 0.1) is 0 Å². The van der Waals surface area contributed by atoms with E-state index in [0.717, 1.165) is 35.7 Å². The maximum absolute atomic E-state index is 13.3. The molecule has 1 atom stereocenters. The monoisotopic (exact) mass is 532 g/mol. The van der Waals surface area contributed by atoms with Gasteiger partial charge in [-0.2, -0.15) is 0 Å². The zero-order valence-electron chi connectivity index (χ0n) is 20.0. The molecule has 1 aliphatic rings. The van der Waals surface area contributed by atoms with Crippen LogP contribution < -0.4 is 19.5 Å². The molecule has 2 amide bonds. The second-order valence-electron chi connectivity index (χ2n) is 8.50. The number of rotatable bonds is 10. The van der Waals surface area contributed by atoms with Gasteiger partial charge in [0.05, 0.1) is 14.2 Å². The van der Waals surface area contributed by atoms with Gasteiger partial charge in [0.25, 0.3) is 5.91 Å². The Balaban J connectivity index is 1.73. The first-order valence-electron chi connectivity index (χ1n) is 11.6. The van der Waals surface area contributed by atoms with Crippen molar-refractivity contribution >= 4 is 27.7 Å². The van der Waals surface area contributed by atoms with Gasteiger partial charge >= 0.3 is 0 Å². The molecule has 0 saturated heterocycles. The maximum Gasteiger partial charge on any atom is 0.261 e. The first-order valence-corrected chi connectivity index (χ1v) is 12.4. The number of nitrogens with one attached hydrogen (secondary N) is 1. The largest absolute Gasteiger partial charge is 0.496 e. The van der Waals surface area contributed by atoms with Crippen molar-refractivity contribution in [3.63, 3.8) is 0 Å². The molecule has 2 aromatic rings. The summed E-state index contributed by atoms with van der Waals surface area (Å²) in [6.07, 6.45) is 5.43. The zero-order valence-corrected chi connectivity index (χ0v) is 21.6. The fourth-order valence-corrected chi connectivity index (χ4v) is 4.29. The number of halogens is 1. The lowest BCUT2D eigenvalue weighted by molar-refractivity contribution is -0.142. The van der Waals surface area contributed by atoms with Crippen LogP contribution in [0.1, 0.15) is 44.6 Å². The van der Waals surface area contributed by atoms with E-state index >= 15 is 0 Å². The zero-order chi connectivity index (χ0) is 24.5. The Morgan fingerprint density at radius 1 is 1.00 bits per heavy atom. The number of carbonyl (C=O) groups is 2. The Morgan fingerprint density at radius 3 is 2.18 bits per heavy atom. The smallest absolute Gasteiger partial charge is 0.261 e. The number of hydrogen-bond donors (Lipinski definition) is 1. The molecular weight excluding hydrogens is 500 g/mol. The van der Waals surface area contributed by atoms with Gasteiger partial charge < -0.3 is 24.4 Å². The molecule has 1 saturated carbocycles. The molecule has 34 heavy (non-hydrogen) atoms. The molecule has 0 heterocycles. The van der Waals surface area contributed by atoms with Crippen molar-refractivity contribution < 1.29 is 23.8 Å². The second kappa shape index (κ2) is 12.6. The fraction of sp³-hybridized carbons (Fsp3) is 0.462. The predicted molar refractivity (Wildman–Crippen MR) is 134 cm³/mol. The van der Waals surface area contributed by atoms with Gasteiger partial charge in [-0.25, -0.2) is 0 Å². The summed E-state index contributed by atoms with van der Waals surface area (Å²) in [4.78, 5) is 27.9. The van der Waals surface area contributed by atoms with Gasteiger partial charge in [-0.3, -0.25) is 9.59 Å². The molecule has 1 aliphatic carbocycles. The Morgan fingerprint density at radius 2 is 1.59 bits per heavy atom. The van der Waals surface area contributed by atoms with Crippen molar-refractivity contribution in [3.8, 4) is 17.2 Å². The molecule has 7 nitrogen and oxygen atoms in total. The average molecular weight is 533 g/mol. The standard InChI is InChI=1S/C26H33BrN2O5/c1-18(26(31)28-21-7-5-4-6-8-21)29(16-19-9-11-20(27)12-10-19)25(30)17-34-24-14-22(32-2)13-23(15-24)33-3/h9-15,18,21H,4-8,16-17H2,1-3H3,(H,28,31). The van der Waals surface area contributed by atoms with Crippen molar-refractivity contribution in [3.05, 3.63) is 52.5 Å². The third-order valence-electron chi connectivity index (χ3n) is 6.07. The summed E-state index contributed by atoms with van der Waals surface area (Å²) in [5, 5.41) is 3.14. The highest BCUT2D eigenvalue weighted by Crippen LogP contribution is 2.27. The van der Waals surface area contributed by atoms with E-state index in [1.54, 1.807) is 44.2 Å². The number of carbonyl (C=O) groups excluding carboxylic acids is 2. The SMILES string of the molecule is COc1cc(OC)cc(OCC(=O)N(Cc2ccc(Br)cc2)C(C)C(=O)NC2CCCCC2)c1. The van der Waals surface area contributed by atoms with Gasteiger partial charge in [-0.15, -0.1) is 0 Å². The minimum absolute atomic E-state index is 0.139. The number of nitrogens with zero attached hydrogens (tertiary/aromatic N) is 1. The van der Waals surface area contributed by atoms with E-state index in [4.69, 9.17) is 14.2 Å². The van der Waals surface area contributed by atoms with Gasteiger partial charge in [-0.05, 0) is 37.5 Å². The van der Waals surface area contributed by atoms with Crippen LogP contribution in [-0.4, -0.2) is 49.6 Å². The van der Waals surface area contributed by atoms with Gasteiger partial charge in [0.15, 0.2) is 6.61 Å². The number of methoxy groups -OCH3 is 2. The van der Waals surface area contributed by atoms with Crippen molar-refractivity contribution in [1.82, 2.24) is 10.2 Å². The molecule has 0 aliphatic heterocycles. The van der Waals surface area contributed by atoms with E-state index in [9.17, 15) is 9.59 Å². The van der Waals surface area contributed by atoms with Crippen LogP contribution in [-0.2, 0) is 16.1 Å². The van der Waals surface area contributed by atoms with Crippen molar-refractivity contribution in [2.45, 2.75) is 57.7 Å². The van der Waals surface area contributed by atoms with Crippen molar-refractivity contribution in [2.24, 2.45) is 0 Å². The molecule has 0 bridgehead atoms. The van der Waals surface area contributed by atoms with Gasteiger partial charge in [0.2, 0.25) is 5.91 Å². The molecule has 1 fully saturated rings. The Kier molecular flexibility index (Phi) is 9.62.